The van der Waals surface area contributed by atoms with Gasteiger partial charge in [-0.2, -0.15) is 0 Å². The molecule has 0 aliphatic carbocycles. The van der Waals surface area contributed by atoms with Crippen LogP contribution >= 0.6 is 0 Å². The van der Waals surface area contributed by atoms with Crippen molar-refractivity contribution in [2.24, 2.45) is 5.92 Å². The third-order valence-electron chi connectivity index (χ3n) is 7.53. The number of benzene rings is 3. The largest absolute Gasteiger partial charge is 0.463 e. The molecule has 4 aromatic rings. The van der Waals surface area contributed by atoms with Crippen molar-refractivity contribution in [1.82, 2.24) is 14.9 Å². The standard InChI is InChI=1S/C33H35N3O3/c1-2-31-34-21-28(22-35-31)27-12-9-15-30(20-27)33(38,29-13-7-4-8-14-29)32(37)39-24-26-16-18-36(19-17-26)23-25-10-5-3-6-11-25/h3-15,20-22,26,38H,2,16-19,23-24H2,1H3/t33-/m0/s1. The fourth-order valence-electron chi connectivity index (χ4n) is 5.14. The Morgan fingerprint density at radius 1 is 0.897 bits per heavy atom. The average Bonchev–Trinajstić information content (AvgIpc) is 3.01. The fraction of sp³-hybridized carbons (Fsp3) is 0.303. The van der Waals surface area contributed by atoms with E-state index in [4.69, 9.17) is 4.74 Å². The van der Waals surface area contributed by atoms with E-state index in [0.717, 1.165) is 55.8 Å². The molecule has 0 bridgehead atoms. The number of nitrogens with zero attached hydrogens (tertiary/aromatic N) is 3. The van der Waals surface area contributed by atoms with E-state index in [-0.39, 0.29) is 5.92 Å². The minimum Gasteiger partial charge on any atom is -0.463 e. The number of hydrogen-bond donors (Lipinski definition) is 1. The van der Waals surface area contributed by atoms with Crippen molar-refractivity contribution in [1.29, 1.82) is 0 Å². The Morgan fingerprint density at radius 2 is 1.54 bits per heavy atom. The Balaban J connectivity index is 1.30. The second-order valence-electron chi connectivity index (χ2n) is 10.2. The van der Waals surface area contributed by atoms with Gasteiger partial charge in [0.1, 0.15) is 5.82 Å². The first-order chi connectivity index (χ1) is 19.1. The molecule has 1 aliphatic rings. The third-order valence-corrected chi connectivity index (χ3v) is 7.53. The number of carbonyl (C=O) groups is 1. The molecule has 6 nitrogen and oxygen atoms in total. The van der Waals surface area contributed by atoms with Crippen LogP contribution in [-0.2, 0) is 28.1 Å². The molecule has 39 heavy (non-hydrogen) atoms. The second kappa shape index (κ2) is 12.3. The average molecular weight is 522 g/mol. The van der Waals surface area contributed by atoms with Gasteiger partial charge in [0.25, 0.3) is 0 Å². The maximum absolute atomic E-state index is 13.6. The summed E-state index contributed by atoms with van der Waals surface area (Å²) in [6.45, 7) is 5.15. The molecule has 0 saturated carbocycles. The van der Waals surface area contributed by atoms with Crippen LogP contribution in [0.15, 0.2) is 97.3 Å². The molecule has 1 aliphatic heterocycles. The van der Waals surface area contributed by atoms with Crippen LogP contribution in [0.1, 0.15) is 42.3 Å². The van der Waals surface area contributed by atoms with Crippen molar-refractivity contribution in [2.45, 2.75) is 38.3 Å². The lowest BCUT2D eigenvalue weighted by Gasteiger charge is -2.33. The number of piperidine rings is 1. The Hall–Kier alpha value is -3.87. The quantitative estimate of drug-likeness (QED) is 0.298. The number of ether oxygens (including phenoxy) is 1. The Bertz CT molecular complexity index is 1350. The fourth-order valence-corrected chi connectivity index (χ4v) is 5.14. The van der Waals surface area contributed by atoms with Gasteiger partial charge in [0, 0.05) is 36.5 Å². The van der Waals surface area contributed by atoms with Gasteiger partial charge >= 0.3 is 5.97 Å². The summed E-state index contributed by atoms with van der Waals surface area (Å²) in [7, 11) is 0. The first kappa shape index (κ1) is 26.7. The third kappa shape index (κ3) is 6.24. The number of likely N-dealkylation sites (tertiary alicyclic amines) is 1. The summed E-state index contributed by atoms with van der Waals surface area (Å²) in [6.07, 6.45) is 6.20. The maximum atomic E-state index is 13.6. The highest BCUT2D eigenvalue weighted by Crippen LogP contribution is 2.34. The van der Waals surface area contributed by atoms with Crippen LogP contribution in [0.3, 0.4) is 0 Å². The number of aliphatic hydroxyl groups is 1. The molecule has 0 amide bonds. The number of aryl methyl sites for hydroxylation is 1. The van der Waals surface area contributed by atoms with Crippen molar-refractivity contribution in [2.75, 3.05) is 19.7 Å². The zero-order chi connectivity index (χ0) is 27.1. The lowest BCUT2D eigenvalue weighted by atomic mass is 9.85. The lowest BCUT2D eigenvalue weighted by molar-refractivity contribution is -0.164. The summed E-state index contributed by atoms with van der Waals surface area (Å²) < 4.78 is 5.85. The van der Waals surface area contributed by atoms with Crippen LogP contribution in [0.5, 0.6) is 0 Å². The minimum absolute atomic E-state index is 0.265. The van der Waals surface area contributed by atoms with Crippen molar-refractivity contribution >= 4 is 5.97 Å². The van der Waals surface area contributed by atoms with Gasteiger partial charge in [-0.05, 0) is 54.6 Å². The molecule has 1 N–H and O–H groups in total. The van der Waals surface area contributed by atoms with E-state index < -0.39 is 11.6 Å². The molecule has 0 unspecified atom stereocenters. The topological polar surface area (TPSA) is 75.6 Å². The summed E-state index contributed by atoms with van der Waals surface area (Å²) in [5.41, 5.74) is 1.94. The van der Waals surface area contributed by atoms with Gasteiger partial charge < -0.3 is 9.84 Å². The highest BCUT2D eigenvalue weighted by molar-refractivity contribution is 5.86. The maximum Gasteiger partial charge on any atom is 0.347 e. The molecular weight excluding hydrogens is 486 g/mol. The van der Waals surface area contributed by atoms with Gasteiger partial charge in [-0.3, -0.25) is 4.90 Å². The molecule has 1 aromatic heterocycles. The van der Waals surface area contributed by atoms with Crippen LogP contribution in [0.2, 0.25) is 0 Å². The van der Waals surface area contributed by atoms with E-state index in [9.17, 15) is 9.90 Å². The highest BCUT2D eigenvalue weighted by atomic mass is 16.5. The summed E-state index contributed by atoms with van der Waals surface area (Å²) in [4.78, 5) is 24.9. The first-order valence-electron chi connectivity index (χ1n) is 13.7. The van der Waals surface area contributed by atoms with Crippen LogP contribution < -0.4 is 0 Å². The van der Waals surface area contributed by atoms with Crippen LogP contribution in [0.25, 0.3) is 11.1 Å². The number of hydrogen-bond acceptors (Lipinski definition) is 6. The Labute approximate surface area is 230 Å². The molecule has 200 valence electrons. The van der Waals surface area contributed by atoms with Crippen LogP contribution in [0, 0.1) is 5.92 Å². The molecular formula is C33H35N3O3. The summed E-state index contributed by atoms with van der Waals surface area (Å²) in [5.74, 6) is 0.377. The molecule has 1 atom stereocenters. The smallest absolute Gasteiger partial charge is 0.347 e. The lowest BCUT2D eigenvalue weighted by Crippen LogP contribution is -2.40. The van der Waals surface area contributed by atoms with Crippen LogP contribution in [-0.4, -0.2) is 45.6 Å². The molecule has 3 aromatic carbocycles. The molecule has 1 saturated heterocycles. The highest BCUT2D eigenvalue weighted by Gasteiger charge is 2.42. The molecule has 6 heteroatoms. The Morgan fingerprint density at radius 3 is 2.21 bits per heavy atom. The Kier molecular flexibility index (Phi) is 8.45. The van der Waals surface area contributed by atoms with Gasteiger partial charge in [-0.15, -0.1) is 0 Å². The normalized spacial score (nSPS) is 15.9. The van der Waals surface area contributed by atoms with Gasteiger partial charge in [0.2, 0.25) is 5.60 Å². The monoisotopic (exact) mass is 521 g/mol. The number of aromatic nitrogens is 2. The zero-order valence-electron chi connectivity index (χ0n) is 22.4. The van der Waals surface area contributed by atoms with Gasteiger partial charge in [0.05, 0.1) is 6.61 Å². The molecule has 5 rings (SSSR count). The second-order valence-corrected chi connectivity index (χ2v) is 10.2. The molecule has 1 fully saturated rings. The van der Waals surface area contributed by atoms with E-state index >= 15 is 0 Å². The van der Waals surface area contributed by atoms with E-state index in [1.54, 1.807) is 30.6 Å². The van der Waals surface area contributed by atoms with Crippen molar-refractivity contribution < 1.29 is 14.6 Å². The molecule has 0 spiro atoms. The summed E-state index contributed by atoms with van der Waals surface area (Å²) in [6, 6.07) is 26.8. The predicted octanol–water partition coefficient (Wildman–Crippen LogP) is 5.40. The molecule has 0 radical (unpaired) electrons. The first-order valence-corrected chi connectivity index (χ1v) is 13.7. The van der Waals surface area contributed by atoms with Crippen LogP contribution in [0.4, 0.5) is 0 Å². The van der Waals surface area contributed by atoms with Gasteiger partial charge in [0.15, 0.2) is 0 Å². The van der Waals surface area contributed by atoms with E-state index in [0.29, 0.717) is 17.7 Å². The minimum atomic E-state index is -1.94. The summed E-state index contributed by atoms with van der Waals surface area (Å²) >= 11 is 0. The van der Waals surface area contributed by atoms with E-state index in [1.165, 1.54) is 5.56 Å². The van der Waals surface area contributed by atoms with E-state index in [1.807, 2.05) is 49.4 Å². The number of carbonyl (C=O) groups excluding carboxylic acids is 1. The SMILES string of the molecule is CCc1ncc(-c2cccc([C@](O)(C(=O)OCC3CCN(Cc4ccccc4)CC3)c3ccccc3)c2)cn1. The number of rotatable bonds is 9. The molecule has 2 heterocycles. The number of esters is 1. The predicted molar refractivity (Wildman–Crippen MR) is 152 cm³/mol. The van der Waals surface area contributed by atoms with Crippen molar-refractivity contribution in [3.63, 3.8) is 0 Å². The zero-order valence-corrected chi connectivity index (χ0v) is 22.4. The van der Waals surface area contributed by atoms with Crippen molar-refractivity contribution in [3.05, 3.63) is 120 Å². The van der Waals surface area contributed by atoms with Crippen molar-refractivity contribution in [3.8, 4) is 11.1 Å². The summed E-state index contributed by atoms with van der Waals surface area (Å²) in [5, 5.41) is 12.0. The van der Waals surface area contributed by atoms with E-state index in [2.05, 4.69) is 39.1 Å². The van der Waals surface area contributed by atoms with Gasteiger partial charge in [-0.1, -0.05) is 85.8 Å². The van der Waals surface area contributed by atoms with Gasteiger partial charge in [-0.25, -0.2) is 14.8 Å².